The molecule has 14 heavy (non-hydrogen) atoms. The fraction of sp³-hybridized carbons (Fsp3) is 0.429. The molecule has 0 saturated heterocycles. The molecule has 0 spiro atoms. The average molecular weight is 188 g/mol. The summed E-state index contributed by atoms with van der Waals surface area (Å²) in [7, 11) is 0. The zero-order chi connectivity index (χ0) is 10.4. The number of benzene rings is 1. The van der Waals surface area contributed by atoms with E-state index in [0.29, 0.717) is 0 Å². The summed E-state index contributed by atoms with van der Waals surface area (Å²) in [5, 5.41) is 0. The first-order chi connectivity index (χ1) is 6.90. The van der Waals surface area contributed by atoms with Crippen LogP contribution in [0.15, 0.2) is 24.3 Å². The van der Waals surface area contributed by atoms with Gasteiger partial charge in [-0.1, -0.05) is 51.1 Å². The molecule has 0 aromatic heterocycles. The SMILES string of the molecule is CC.CCc1ccc2c(c1)CCC=C2. The molecule has 0 unspecified atom stereocenters. The normalized spacial score (nSPS) is 12.8. The molecule has 0 heterocycles. The largest absolute Gasteiger partial charge is 0.0836 e. The van der Waals surface area contributed by atoms with Crippen LogP contribution in [0.25, 0.3) is 6.08 Å². The van der Waals surface area contributed by atoms with Gasteiger partial charge in [-0.25, -0.2) is 0 Å². The molecule has 1 aromatic rings. The lowest BCUT2D eigenvalue weighted by Gasteiger charge is -2.10. The van der Waals surface area contributed by atoms with Crippen molar-refractivity contribution >= 4 is 6.08 Å². The van der Waals surface area contributed by atoms with Crippen LogP contribution >= 0.6 is 0 Å². The van der Waals surface area contributed by atoms with Gasteiger partial charge in [0, 0.05) is 0 Å². The van der Waals surface area contributed by atoms with Crippen LogP contribution in [0.1, 0.15) is 43.9 Å². The van der Waals surface area contributed by atoms with Gasteiger partial charge in [0.25, 0.3) is 0 Å². The van der Waals surface area contributed by atoms with Gasteiger partial charge in [-0.15, -0.1) is 0 Å². The highest BCUT2D eigenvalue weighted by atomic mass is 14.1. The minimum atomic E-state index is 1.15. The van der Waals surface area contributed by atoms with E-state index in [1.807, 2.05) is 13.8 Å². The number of allylic oxidation sites excluding steroid dienone is 1. The first-order valence-electron chi connectivity index (χ1n) is 5.68. The Morgan fingerprint density at radius 1 is 1.21 bits per heavy atom. The summed E-state index contributed by atoms with van der Waals surface area (Å²) >= 11 is 0. The predicted octanol–water partition coefficient (Wildman–Crippen LogP) is 4.23. The summed E-state index contributed by atoms with van der Waals surface area (Å²) in [5.41, 5.74) is 4.40. The molecule has 0 bridgehead atoms. The zero-order valence-corrected chi connectivity index (χ0v) is 9.51. The van der Waals surface area contributed by atoms with E-state index < -0.39 is 0 Å². The molecular weight excluding hydrogens is 168 g/mol. The van der Waals surface area contributed by atoms with E-state index in [2.05, 4.69) is 37.3 Å². The van der Waals surface area contributed by atoms with Crippen LogP contribution in [0.4, 0.5) is 0 Å². The van der Waals surface area contributed by atoms with Crippen LogP contribution in [0.3, 0.4) is 0 Å². The molecule has 0 radical (unpaired) electrons. The number of fused-ring (bicyclic) bond motifs is 1. The van der Waals surface area contributed by atoms with Gasteiger partial charge >= 0.3 is 0 Å². The molecular formula is C14H20. The highest BCUT2D eigenvalue weighted by molar-refractivity contribution is 5.56. The number of rotatable bonds is 1. The minimum Gasteiger partial charge on any atom is -0.0836 e. The van der Waals surface area contributed by atoms with E-state index in [0.717, 1.165) is 6.42 Å². The van der Waals surface area contributed by atoms with Crippen LogP contribution in [0.2, 0.25) is 0 Å². The van der Waals surface area contributed by atoms with Gasteiger partial charge in [0.2, 0.25) is 0 Å². The lowest BCUT2D eigenvalue weighted by atomic mass is 9.95. The molecule has 0 heteroatoms. The summed E-state index contributed by atoms with van der Waals surface area (Å²) in [4.78, 5) is 0. The Morgan fingerprint density at radius 2 is 2.00 bits per heavy atom. The predicted molar refractivity (Wildman–Crippen MR) is 64.5 cm³/mol. The van der Waals surface area contributed by atoms with Crippen molar-refractivity contribution in [2.24, 2.45) is 0 Å². The first-order valence-corrected chi connectivity index (χ1v) is 5.68. The van der Waals surface area contributed by atoms with Gasteiger partial charge in [-0.2, -0.15) is 0 Å². The Bertz CT molecular complexity index is 308. The molecule has 0 saturated carbocycles. The van der Waals surface area contributed by atoms with Crippen LogP contribution in [0, 0.1) is 0 Å². The molecule has 0 atom stereocenters. The van der Waals surface area contributed by atoms with E-state index in [1.165, 1.54) is 29.5 Å². The molecule has 2 rings (SSSR count). The smallest absolute Gasteiger partial charge is 0.0227 e. The highest BCUT2D eigenvalue weighted by Gasteiger charge is 2.03. The van der Waals surface area contributed by atoms with Crippen molar-refractivity contribution in [1.29, 1.82) is 0 Å². The van der Waals surface area contributed by atoms with Crippen LogP contribution in [0.5, 0.6) is 0 Å². The molecule has 1 aromatic carbocycles. The van der Waals surface area contributed by atoms with Crippen molar-refractivity contribution in [3.8, 4) is 0 Å². The fourth-order valence-corrected chi connectivity index (χ4v) is 1.71. The van der Waals surface area contributed by atoms with Gasteiger partial charge in [0.1, 0.15) is 0 Å². The van der Waals surface area contributed by atoms with E-state index in [9.17, 15) is 0 Å². The average Bonchev–Trinajstić information content (AvgIpc) is 2.31. The summed E-state index contributed by atoms with van der Waals surface area (Å²) in [6, 6.07) is 6.82. The Morgan fingerprint density at radius 3 is 2.71 bits per heavy atom. The zero-order valence-electron chi connectivity index (χ0n) is 9.51. The molecule has 0 aliphatic heterocycles. The monoisotopic (exact) mass is 188 g/mol. The molecule has 1 aliphatic carbocycles. The van der Waals surface area contributed by atoms with Crippen molar-refractivity contribution < 1.29 is 0 Å². The van der Waals surface area contributed by atoms with Crippen LogP contribution in [-0.4, -0.2) is 0 Å². The van der Waals surface area contributed by atoms with Crippen LogP contribution < -0.4 is 0 Å². The van der Waals surface area contributed by atoms with E-state index >= 15 is 0 Å². The summed E-state index contributed by atoms with van der Waals surface area (Å²) in [6.07, 6.45) is 8.07. The van der Waals surface area contributed by atoms with Crippen molar-refractivity contribution in [2.45, 2.75) is 40.0 Å². The Kier molecular flexibility index (Phi) is 4.45. The Balaban J connectivity index is 0.000000461. The van der Waals surface area contributed by atoms with Gasteiger partial charge in [0.15, 0.2) is 0 Å². The maximum Gasteiger partial charge on any atom is -0.0227 e. The molecule has 0 fully saturated rings. The molecule has 0 N–H and O–H groups in total. The van der Waals surface area contributed by atoms with Crippen LogP contribution in [-0.2, 0) is 12.8 Å². The second-order valence-electron chi connectivity index (χ2n) is 3.33. The standard InChI is InChI=1S/C12H14.C2H6/c1-2-10-7-8-11-5-3-4-6-12(11)9-10;1-2/h3,5,7-9H,2,4,6H2,1H3;1-2H3. The second kappa shape index (κ2) is 5.64. The third kappa shape index (κ3) is 2.47. The van der Waals surface area contributed by atoms with Gasteiger partial charge in [-0.3, -0.25) is 0 Å². The summed E-state index contributed by atoms with van der Waals surface area (Å²) < 4.78 is 0. The maximum atomic E-state index is 2.35. The van der Waals surface area contributed by atoms with Crippen molar-refractivity contribution in [3.63, 3.8) is 0 Å². The molecule has 76 valence electrons. The molecule has 0 amide bonds. The molecule has 0 nitrogen and oxygen atoms in total. The third-order valence-electron chi connectivity index (χ3n) is 2.49. The van der Waals surface area contributed by atoms with Crippen molar-refractivity contribution in [3.05, 3.63) is 41.0 Å². The summed E-state index contributed by atoms with van der Waals surface area (Å²) in [5.74, 6) is 0. The lowest BCUT2D eigenvalue weighted by molar-refractivity contribution is 0.975. The number of hydrogen-bond acceptors (Lipinski definition) is 0. The maximum absolute atomic E-state index is 2.35. The Labute approximate surface area is 87.7 Å². The van der Waals surface area contributed by atoms with E-state index in [1.54, 1.807) is 0 Å². The van der Waals surface area contributed by atoms with Crippen molar-refractivity contribution in [2.75, 3.05) is 0 Å². The van der Waals surface area contributed by atoms with Gasteiger partial charge in [0.05, 0.1) is 0 Å². The second-order valence-corrected chi connectivity index (χ2v) is 3.33. The molecule has 1 aliphatic rings. The quantitative estimate of drug-likeness (QED) is 0.618. The fourth-order valence-electron chi connectivity index (χ4n) is 1.71. The number of aryl methyl sites for hydroxylation is 2. The van der Waals surface area contributed by atoms with E-state index in [-0.39, 0.29) is 0 Å². The van der Waals surface area contributed by atoms with Crippen molar-refractivity contribution in [1.82, 2.24) is 0 Å². The first kappa shape index (κ1) is 11.0. The van der Waals surface area contributed by atoms with E-state index in [4.69, 9.17) is 0 Å². The minimum absolute atomic E-state index is 1.15. The third-order valence-corrected chi connectivity index (χ3v) is 2.49. The summed E-state index contributed by atoms with van der Waals surface area (Å²) in [6.45, 7) is 6.21. The topological polar surface area (TPSA) is 0 Å². The van der Waals surface area contributed by atoms with Gasteiger partial charge in [-0.05, 0) is 36.0 Å². The number of hydrogen-bond donors (Lipinski definition) is 0. The van der Waals surface area contributed by atoms with Gasteiger partial charge < -0.3 is 0 Å². The highest BCUT2D eigenvalue weighted by Crippen LogP contribution is 2.20. The Hall–Kier alpha value is -1.04. The lowest BCUT2D eigenvalue weighted by Crippen LogP contribution is -1.95.